The van der Waals surface area contributed by atoms with E-state index in [0.29, 0.717) is 0 Å². The van der Waals surface area contributed by atoms with Gasteiger partial charge in [-0.1, -0.05) is 109 Å². The van der Waals surface area contributed by atoms with Gasteiger partial charge in [-0.25, -0.2) is 0 Å². The van der Waals surface area contributed by atoms with Gasteiger partial charge in [0.1, 0.15) is 5.75 Å². The number of para-hydroxylation sites is 1. The zero-order valence-electron chi connectivity index (χ0n) is 18.0. The molecule has 0 aliphatic heterocycles. The molecule has 0 aliphatic carbocycles. The molecular formula is C22H41O2PS2Sn. The summed E-state index contributed by atoms with van der Waals surface area (Å²) in [5.41, 5.74) is -0.676. The second-order valence-electron chi connectivity index (χ2n) is 7.52. The van der Waals surface area contributed by atoms with Crippen LogP contribution >= 0.6 is 17.9 Å². The molecule has 2 radical (unpaired) electrons. The molecule has 6 heteroatoms. The molecule has 0 bridgehead atoms. The van der Waals surface area contributed by atoms with Gasteiger partial charge in [0.15, 0.2) is 0 Å². The minimum absolute atomic E-state index is 0. The van der Waals surface area contributed by atoms with Crippen LogP contribution in [0.5, 0.6) is 5.75 Å². The summed E-state index contributed by atoms with van der Waals surface area (Å²) in [4.78, 5) is 10.0. The Morgan fingerprint density at radius 1 is 0.821 bits per heavy atom. The van der Waals surface area contributed by atoms with E-state index in [-0.39, 0.29) is 23.9 Å². The Bertz CT molecular complexity index is 529. The standard InChI is InChI=1S/C22H39O2PS2.Sn.2H/c1-3-5-7-9-11-13-16-20-18-15-19-21(22(20)24-25(23,26)27)17-14-12-10-8-6-4-2;;;/h15,18-19H,3-14,16-17H2,1-2H3,(H2,23,26,27);;;. The van der Waals surface area contributed by atoms with Crippen molar-refractivity contribution in [2.75, 3.05) is 0 Å². The molecular weight excluding hydrogens is 510 g/mol. The fourth-order valence-electron chi connectivity index (χ4n) is 3.46. The second-order valence-corrected chi connectivity index (χ2v) is 12.6. The number of rotatable bonds is 16. The summed E-state index contributed by atoms with van der Waals surface area (Å²) >= 11 is 9.18. The first-order valence-electron chi connectivity index (χ1n) is 10.8. The minimum atomic E-state index is -3.02. The molecule has 1 aromatic carbocycles. The van der Waals surface area contributed by atoms with Crippen molar-refractivity contribution in [3.8, 4) is 5.75 Å². The predicted octanol–water partition coefficient (Wildman–Crippen LogP) is 7.10. The van der Waals surface area contributed by atoms with Crippen LogP contribution in [0.1, 0.15) is 102 Å². The van der Waals surface area contributed by atoms with Crippen molar-refractivity contribution < 1.29 is 9.42 Å². The van der Waals surface area contributed by atoms with Crippen molar-refractivity contribution in [2.45, 2.75) is 104 Å². The number of aryl methyl sites for hydroxylation is 2. The zero-order valence-corrected chi connectivity index (χ0v) is 24.6. The van der Waals surface area contributed by atoms with E-state index in [4.69, 9.17) is 16.3 Å². The maximum atomic E-state index is 10.0. The first-order chi connectivity index (χ1) is 13.0. The van der Waals surface area contributed by atoms with Crippen molar-refractivity contribution in [3.63, 3.8) is 0 Å². The molecule has 0 saturated carbocycles. The number of unbranched alkanes of at least 4 members (excludes halogenated alkanes) is 10. The van der Waals surface area contributed by atoms with Crippen LogP contribution in [0.2, 0.25) is 0 Å². The van der Waals surface area contributed by atoms with Gasteiger partial charge in [0, 0.05) is 0 Å². The predicted molar refractivity (Wildman–Crippen MR) is 135 cm³/mol. The average Bonchev–Trinajstić information content (AvgIpc) is 2.61. The summed E-state index contributed by atoms with van der Waals surface area (Å²) in [6.45, 7) is 4.49. The Balaban J connectivity index is 0.00000729. The molecule has 0 spiro atoms. The van der Waals surface area contributed by atoms with Gasteiger partial charge in [-0.15, -0.1) is 0 Å². The molecule has 2 nitrogen and oxygen atoms in total. The molecule has 0 fully saturated rings. The van der Waals surface area contributed by atoms with Crippen LogP contribution in [0.3, 0.4) is 0 Å². The average molecular weight is 551 g/mol. The molecule has 1 N–H and O–H groups in total. The van der Waals surface area contributed by atoms with Crippen molar-refractivity contribution >= 4 is 53.7 Å². The summed E-state index contributed by atoms with van der Waals surface area (Å²) in [6, 6.07) is 6.35. The van der Waals surface area contributed by atoms with E-state index < -0.39 is 5.69 Å². The SMILES string of the molecule is CCCCCCCCc1cccc(CCCCCCCC)c1OP(O)(=S)S.[SnH2]. The number of hydrogen-bond donors (Lipinski definition) is 2. The van der Waals surface area contributed by atoms with E-state index in [1.165, 1.54) is 75.3 Å². The van der Waals surface area contributed by atoms with Gasteiger partial charge in [-0.05, 0) is 48.6 Å². The van der Waals surface area contributed by atoms with Crippen molar-refractivity contribution in [2.24, 2.45) is 0 Å². The van der Waals surface area contributed by atoms with E-state index >= 15 is 0 Å². The van der Waals surface area contributed by atoms with Gasteiger partial charge in [0.25, 0.3) is 5.69 Å². The maximum absolute atomic E-state index is 10.0. The number of benzene rings is 1. The third-order valence-corrected chi connectivity index (χ3v) is 5.88. The number of hydrogen-bond acceptors (Lipinski definition) is 2. The van der Waals surface area contributed by atoms with Crippen molar-refractivity contribution in [1.29, 1.82) is 0 Å². The quantitative estimate of drug-likeness (QED) is 0.0995. The Morgan fingerprint density at radius 3 is 1.61 bits per heavy atom. The summed E-state index contributed by atoms with van der Waals surface area (Å²) in [5.74, 6) is 0.806. The first kappa shape index (κ1) is 28.8. The fraction of sp³-hybridized carbons (Fsp3) is 0.727. The van der Waals surface area contributed by atoms with Crippen LogP contribution in [0.4, 0.5) is 0 Å². The van der Waals surface area contributed by atoms with E-state index in [2.05, 4.69) is 44.3 Å². The Labute approximate surface area is 200 Å². The molecule has 0 aromatic heterocycles. The van der Waals surface area contributed by atoms with E-state index in [9.17, 15) is 4.89 Å². The van der Waals surface area contributed by atoms with Crippen molar-refractivity contribution in [1.82, 2.24) is 0 Å². The van der Waals surface area contributed by atoms with Gasteiger partial charge < -0.3 is 9.42 Å². The van der Waals surface area contributed by atoms with Crippen LogP contribution in [0.15, 0.2) is 18.2 Å². The molecule has 1 aromatic rings. The summed E-state index contributed by atoms with van der Waals surface area (Å²) in [6.07, 6.45) is 17.2. The molecule has 1 unspecified atom stereocenters. The molecule has 0 heterocycles. The summed E-state index contributed by atoms with van der Waals surface area (Å²) in [7, 11) is 0. The Kier molecular flexibility index (Phi) is 17.9. The van der Waals surface area contributed by atoms with Crippen molar-refractivity contribution in [3.05, 3.63) is 29.3 Å². The monoisotopic (exact) mass is 552 g/mol. The fourth-order valence-corrected chi connectivity index (χ4v) is 4.40. The van der Waals surface area contributed by atoms with Gasteiger partial charge in [-0.2, -0.15) is 0 Å². The Hall–Kier alpha value is 0.779. The van der Waals surface area contributed by atoms with Crippen LogP contribution in [-0.4, -0.2) is 28.8 Å². The zero-order chi connectivity index (χ0) is 20.0. The normalized spacial score (nSPS) is 13.0. The molecule has 0 amide bonds. The van der Waals surface area contributed by atoms with Gasteiger partial charge in [0.2, 0.25) is 0 Å². The van der Waals surface area contributed by atoms with E-state index in [0.717, 1.165) is 31.4 Å². The van der Waals surface area contributed by atoms with E-state index in [1.807, 2.05) is 0 Å². The summed E-state index contributed by atoms with van der Waals surface area (Å²) in [5, 5.41) is 0. The summed E-state index contributed by atoms with van der Waals surface area (Å²) < 4.78 is 5.80. The topological polar surface area (TPSA) is 29.5 Å². The first-order valence-corrected chi connectivity index (χ1v) is 14.7. The van der Waals surface area contributed by atoms with E-state index in [1.54, 1.807) is 0 Å². The number of thiol groups is 1. The molecule has 28 heavy (non-hydrogen) atoms. The van der Waals surface area contributed by atoms with Crippen LogP contribution in [0, 0.1) is 0 Å². The third kappa shape index (κ3) is 13.9. The molecule has 0 aliphatic rings. The van der Waals surface area contributed by atoms with Crippen LogP contribution < -0.4 is 4.52 Å². The second kappa shape index (κ2) is 17.5. The van der Waals surface area contributed by atoms with Gasteiger partial charge >= 0.3 is 23.9 Å². The third-order valence-electron chi connectivity index (χ3n) is 4.99. The van der Waals surface area contributed by atoms with Gasteiger partial charge in [0.05, 0.1) is 0 Å². The van der Waals surface area contributed by atoms with Crippen LogP contribution in [0.25, 0.3) is 0 Å². The molecule has 1 atom stereocenters. The molecule has 162 valence electrons. The van der Waals surface area contributed by atoms with Crippen LogP contribution in [-0.2, 0) is 24.6 Å². The molecule has 1 rings (SSSR count). The Morgan fingerprint density at radius 2 is 1.21 bits per heavy atom. The molecule has 0 saturated heterocycles. The van der Waals surface area contributed by atoms with Gasteiger partial charge in [-0.3, -0.25) is 0 Å².